The molecule has 14 heteroatoms. The Hall–Kier alpha value is -3.68. The van der Waals surface area contributed by atoms with Crippen molar-refractivity contribution in [3.63, 3.8) is 0 Å². The quantitative estimate of drug-likeness (QED) is 0.378. The Balaban J connectivity index is 1.73. The standard InChI is InChI=1S/C23H17F7N4O3/c24-10-3-14(25)17(15(26)4-10)34-8-13(21(37)32-23(30,22(28)29)9-1-2-9)18(36)12-5-16(27)20(31-19(12)34)33-6-11(35)7-33/h3-5,8-9,11,22,35H,1-2,6-7H2,(H,32,37). The summed E-state index contributed by atoms with van der Waals surface area (Å²) < 4.78 is 100. The van der Waals surface area contributed by atoms with Gasteiger partial charge in [0.05, 0.1) is 11.5 Å². The van der Waals surface area contributed by atoms with Crippen LogP contribution in [-0.2, 0) is 0 Å². The zero-order chi connectivity index (χ0) is 26.8. The molecule has 0 bridgehead atoms. The number of rotatable bonds is 6. The number of alkyl halides is 3. The third-order valence-corrected chi connectivity index (χ3v) is 6.34. The molecule has 0 radical (unpaired) electrons. The van der Waals surface area contributed by atoms with Crippen LogP contribution in [0.5, 0.6) is 0 Å². The lowest BCUT2D eigenvalue weighted by Crippen LogP contribution is -2.53. The Morgan fingerprint density at radius 1 is 1.08 bits per heavy atom. The van der Waals surface area contributed by atoms with Gasteiger partial charge in [-0.05, 0) is 18.9 Å². The molecule has 1 amide bonds. The van der Waals surface area contributed by atoms with E-state index in [2.05, 4.69) is 4.98 Å². The Labute approximate surface area is 203 Å². The van der Waals surface area contributed by atoms with E-state index in [0.29, 0.717) is 29.0 Å². The fourth-order valence-electron chi connectivity index (χ4n) is 4.24. The Morgan fingerprint density at radius 3 is 2.24 bits per heavy atom. The average Bonchev–Trinajstić information content (AvgIpc) is 3.63. The second-order valence-corrected chi connectivity index (χ2v) is 8.98. The number of hydrogen-bond acceptors (Lipinski definition) is 5. The number of carbonyl (C=O) groups is 1. The van der Waals surface area contributed by atoms with Gasteiger partial charge in [-0.2, -0.15) is 0 Å². The highest BCUT2D eigenvalue weighted by Crippen LogP contribution is 2.44. The summed E-state index contributed by atoms with van der Waals surface area (Å²) in [6, 6.07) is 1.22. The number of hydrogen-bond donors (Lipinski definition) is 2. The van der Waals surface area contributed by atoms with E-state index < -0.39 is 81.1 Å². The van der Waals surface area contributed by atoms with Crippen molar-refractivity contribution in [3.05, 3.63) is 63.5 Å². The smallest absolute Gasteiger partial charge is 0.290 e. The van der Waals surface area contributed by atoms with Crippen LogP contribution in [-0.4, -0.2) is 52.0 Å². The average molecular weight is 530 g/mol. The number of pyridine rings is 2. The molecular weight excluding hydrogens is 513 g/mol. The molecule has 1 saturated heterocycles. The van der Waals surface area contributed by atoms with Gasteiger partial charge >= 0.3 is 0 Å². The van der Waals surface area contributed by atoms with Crippen molar-refractivity contribution in [2.45, 2.75) is 31.2 Å². The normalized spacial score (nSPS) is 17.7. The van der Waals surface area contributed by atoms with Crippen molar-refractivity contribution in [1.82, 2.24) is 14.9 Å². The number of halogens is 7. The maximum absolute atomic E-state index is 14.9. The third kappa shape index (κ3) is 4.18. The van der Waals surface area contributed by atoms with Crippen molar-refractivity contribution in [1.29, 1.82) is 0 Å². The van der Waals surface area contributed by atoms with Crippen LogP contribution >= 0.6 is 0 Å². The highest BCUT2D eigenvalue weighted by atomic mass is 19.3. The molecule has 1 aliphatic heterocycles. The maximum atomic E-state index is 14.9. The summed E-state index contributed by atoms with van der Waals surface area (Å²) >= 11 is 0. The zero-order valence-corrected chi connectivity index (χ0v) is 18.6. The lowest BCUT2D eigenvalue weighted by atomic mass is 10.1. The highest BCUT2D eigenvalue weighted by Gasteiger charge is 2.54. The predicted molar refractivity (Wildman–Crippen MR) is 115 cm³/mol. The summed E-state index contributed by atoms with van der Waals surface area (Å²) in [7, 11) is 0. The molecule has 2 aliphatic rings. The zero-order valence-electron chi connectivity index (χ0n) is 18.6. The summed E-state index contributed by atoms with van der Waals surface area (Å²) in [4.78, 5) is 31.2. The molecule has 2 fully saturated rings. The number of aromatic nitrogens is 2. The molecule has 1 aliphatic carbocycles. The van der Waals surface area contributed by atoms with Gasteiger partial charge in [0.2, 0.25) is 11.2 Å². The number of aliphatic hydroxyl groups excluding tert-OH is 1. The molecule has 2 aromatic heterocycles. The van der Waals surface area contributed by atoms with E-state index in [-0.39, 0.29) is 31.7 Å². The number of aliphatic hydroxyl groups is 1. The molecule has 2 N–H and O–H groups in total. The molecule has 1 aromatic carbocycles. The number of benzene rings is 1. The minimum Gasteiger partial charge on any atom is -0.389 e. The van der Waals surface area contributed by atoms with Crippen molar-refractivity contribution in [3.8, 4) is 5.69 Å². The SMILES string of the molecule is O=C(NC(F)(C(F)F)C1CC1)c1cn(-c2c(F)cc(F)cc2F)c2nc(N3CC(O)C3)c(F)cc2c1=O. The Kier molecular flexibility index (Phi) is 5.89. The first-order valence-corrected chi connectivity index (χ1v) is 11.0. The fraction of sp³-hybridized carbons (Fsp3) is 0.348. The minimum absolute atomic E-state index is 0.0349. The van der Waals surface area contributed by atoms with Crippen molar-refractivity contribution in [2.24, 2.45) is 5.92 Å². The van der Waals surface area contributed by atoms with E-state index in [1.54, 1.807) is 0 Å². The first-order chi connectivity index (χ1) is 17.4. The van der Waals surface area contributed by atoms with Crippen LogP contribution in [0.4, 0.5) is 36.6 Å². The van der Waals surface area contributed by atoms with Gasteiger partial charge in [-0.3, -0.25) is 14.2 Å². The number of fused-ring (bicyclic) bond motifs is 1. The van der Waals surface area contributed by atoms with Gasteiger partial charge in [0.25, 0.3) is 12.3 Å². The van der Waals surface area contributed by atoms with Crippen molar-refractivity contribution < 1.29 is 40.6 Å². The molecule has 1 unspecified atom stereocenters. The summed E-state index contributed by atoms with van der Waals surface area (Å²) in [6.45, 7) is -0.0698. The number of carbonyl (C=O) groups excluding carboxylic acids is 1. The van der Waals surface area contributed by atoms with Gasteiger partial charge < -0.3 is 15.3 Å². The Bertz CT molecular complexity index is 1460. The molecule has 1 atom stereocenters. The molecule has 3 heterocycles. The van der Waals surface area contributed by atoms with E-state index in [1.807, 2.05) is 0 Å². The van der Waals surface area contributed by atoms with E-state index >= 15 is 0 Å². The van der Waals surface area contributed by atoms with Crippen molar-refractivity contribution in [2.75, 3.05) is 18.0 Å². The Morgan fingerprint density at radius 2 is 1.70 bits per heavy atom. The monoisotopic (exact) mass is 530 g/mol. The summed E-state index contributed by atoms with van der Waals surface area (Å²) in [5, 5.41) is 10.3. The predicted octanol–water partition coefficient (Wildman–Crippen LogP) is 3.19. The van der Waals surface area contributed by atoms with Crippen LogP contribution in [0.3, 0.4) is 0 Å². The fourth-order valence-corrected chi connectivity index (χ4v) is 4.24. The lowest BCUT2D eigenvalue weighted by Gasteiger charge is -2.37. The topological polar surface area (TPSA) is 87.5 Å². The second kappa shape index (κ2) is 8.71. The van der Waals surface area contributed by atoms with Crippen LogP contribution in [0.25, 0.3) is 16.7 Å². The van der Waals surface area contributed by atoms with E-state index in [1.165, 1.54) is 10.2 Å². The lowest BCUT2D eigenvalue weighted by molar-refractivity contribution is -0.0671. The molecular formula is C23H17F7N4O3. The molecule has 5 rings (SSSR count). The van der Waals surface area contributed by atoms with E-state index in [9.17, 15) is 45.4 Å². The summed E-state index contributed by atoms with van der Waals surface area (Å²) in [5.41, 5.74) is -3.89. The van der Waals surface area contributed by atoms with Gasteiger partial charge in [-0.15, -0.1) is 0 Å². The molecule has 1 saturated carbocycles. The van der Waals surface area contributed by atoms with Crippen molar-refractivity contribution >= 4 is 22.8 Å². The largest absolute Gasteiger partial charge is 0.389 e. The second-order valence-electron chi connectivity index (χ2n) is 8.98. The number of β-amino-alcohol motifs (C(OH)–C–C–N with tert-alkyl or cyclic N) is 1. The van der Waals surface area contributed by atoms with Gasteiger partial charge in [-0.1, -0.05) is 0 Å². The first kappa shape index (κ1) is 25.0. The van der Waals surface area contributed by atoms with Crippen LogP contribution in [0.2, 0.25) is 0 Å². The van der Waals surface area contributed by atoms with Gasteiger partial charge in [0.1, 0.15) is 17.1 Å². The van der Waals surface area contributed by atoms with Crippen LogP contribution < -0.4 is 15.6 Å². The molecule has 0 spiro atoms. The van der Waals surface area contributed by atoms with E-state index in [0.717, 1.165) is 0 Å². The van der Waals surface area contributed by atoms with Gasteiger partial charge in [0, 0.05) is 37.3 Å². The minimum atomic E-state index is -3.65. The summed E-state index contributed by atoms with van der Waals surface area (Å²) in [6.07, 6.45) is -3.79. The van der Waals surface area contributed by atoms with Crippen LogP contribution in [0.15, 0.2) is 29.2 Å². The molecule has 196 valence electrons. The molecule has 37 heavy (non-hydrogen) atoms. The third-order valence-electron chi connectivity index (χ3n) is 6.34. The van der Waals surface area contributed by atoms with Gasteiger partial charge in [-0.25, -0.2) is 35.7 Å². The first-order valence-electron chi connectivity index (χ1n) is 11.0. The maximum Gasteiger partial charge on any atom is 0.290 e. The number of anilines is 1. The molecule has 3 aromatic rings. The number of amides is 1. The molecule has 7 nitrogen and oxygen atoms in total. The van der Waals surface area contributed by atoms with Crippen LogP contribution in [0, 0.1) is 29.2 Å². The number of nitrogens with zero attached hydrogens (tertiary/aromatic N) is 3. The van der Waals surface area contributed by atoms with Gasteiger partial charge in [0.15, 0.2) is 28.9 Å². The number of nitrogens with one attached hydrogen (secondary N) is 1. The van der Waals surface area contributed by atoms with Crippen LogP contribution in [0.1, 0.15) is 23.2 Å². The summed E-state index contributed by atoms with van der Waals surface area (Å²) in [5.74, 6) is -12.1. The van der Waals surface area contributed by atoms with E-state index in [4.69, 9.17) is 0 Å². The highest BCUT2D eigenvalue weighted by molar-refractivity contribution is 5.97.